The van der Waals surface area contributed by atoms with Gasteiger partial charge < -0.3 is 9.47 Å². The monoisotopic (exact) mass is 424 g/mol. The number of benzene rings is 2. The highest BCUT2D eigenvalue weighted by Crippen LogP contribution is 2.30. The normalized spacial score (nSPS) is 19.2. The molecule has 1 saturated heterocycles. The smallest absolute Gasteiger partial charge is 0.311 e. The van der Waals surface area contributed by atoms with Crippen LogP contribution in [-0.4, -0.2) is 42.9 Å². The zero-order valence-electron chi connectivity index (χ0n) is 19.2. The minimum atomic E-state index is -0.542. The van der Waals surface area contributed by atoms with Crippen LogP contribution in [0.4, 0.5) is 0 Å². The molecule has 5 heteroatoms. The summed E-state index contributed by atoms with van der Waals surface area (Å²) in [6.07, 6.45) is 2.79. The second-order valence-corrected chi connectivity index (χ2v) is 9.29. The first-order valence-electron chi connectivity index (χ1n) is 11.2. The quantitative estimate of drug-likeness (QED) is 0.599. The number of hydrogen-bond donors (Lipinski definition) is 1. The van der Waals surface area contributed by atoms with Gasteiger partial charge in [0, 0.05) is 19.7 Å². The van der Waals surface area contributed by atoms with Crippen LogP contribution in [0.15, 0.2) is 60.7 Å². The fourth-order valence-electron chi connectivity index (χ4n) is 4.19. The third-order valence-corrected chi connectivity index (χ3v) is 5.61. The van der Waals surface area contributed by atoms with E-state index in [1.165, 1.54) is 0 Å². The summed E-state index contributed by atoms with van der Waals surface area (Å²) >= 11 is 0. The van der Waals surface area contributed by atoms with E-state index in [-0.39, 0.29) is 17.9 Å². The fourth-order valence-corrected chi connectivity index (χ4v) is 4.19. The van der Waals surface area contributed by atoms with Gasteiger partial charge in [-0.1, -0.05) is 60.7 Å². The minimum Gasteiger partial charge on any atom is -0.460 e. The zero-order chi connectivity index (χ0) is 22.3. The van der Waals surface area contributed by atoms with E-state index in [1.807, 2.05) is 57.2 Å². The van der Waals surface area contributed by atoms with Gasteiger partial charge in [0.05, 0.1) is 18.6 Å². The number of esters is 1. The number of rotatable bonds is 9. The summed E-state index contributed by atoms with van der Waals surface area (Å²) in [5.74, 6) is -0.548. The molecule has 2 aromatic carbocycles. The number of ether oxygens (including phenoxy) is 2. The number of hydrogen-bond acceptors (Lipinski definition) is 5. The van der Waals surface area contributed by atoms with Gasteiger partial charge in [0.25, 0.3) is 0 Å². The molecule has 0 bridgehead atoms. The lowest BCUT2D eigenvalue weighted by atomic mass is 9.87. The second kappa shape index (κ2) is 10.9. The number of methoxy groups -OCH3 is 1. The van der Waals surface area contributed by atoms with Gasteiger partial charge >= 0.3 is 5.97 Å². The SMILES string of the molecule is COC[C@@H]1CCCN1N[C@@H](c1ccccc1)[C@H](Cc1ccccc1)C(=O)OC(C)(C)C. The van der Waals surface area contributed by atoms with Gasteiger partial charge in [-0.15, -0.1) is 0 Å². The summed E-state index contributed by atoms with van der Waals surface area (Å²) in [5.41, 5.74) is 5.37. The van der Waals surface area contributed by atoms with Gasteiger partial charge in [0.2, 0.25) is 0 Å². The molecule has 1 fully saturated rings. The highest BCUT2D eigenvalue weighted by molar-refractivity contribution is 5.74. The van der Waals surface area contributed by atoms with E-state index in [9.17, 15) is 4.79 Å². The lowest BCUT2D eigenvalue weighted by Gasteiger charge is -2.35. The predicted molar refractivity (Wildman–Crippen MR) is 123 cm³/mol. The minimum absolute atomic E-state index is 0.180. The van der Waals surface area contributed by atoms with Crippen LogP contribution in [-0.2, 0) is 20.7 Å². The van der Waals surface area contributed by atoms with Crippen LogP contribution < -0.4 is 5.43 Å². The molecule has 31 heavy (non-hydrogen) atoms. The average Bonchev–Trinajstić information content (AvgIpc) is 3.18. The summed E-state index contributed by atoms with van der Waals surface area (Å²) < 4.78 is 11.3. The van der Waals surface area contributed by atoms with Gasteiger partial charge in [0.1, 0.15) is 5.60 Å². The Labute approximate surface area is 186 Å². The number of nitrogens with one attached hydrogen (secondary N) is 1. The van der Waals surface area contributed by atoms with E-state index < -0.39 is 5.60 Å². The molecule has 2 aromatic rings. The summed E-state index contributed by atoms with van der Waals surface area (Å²) in [5, 5.41) is 2.25. The summed E-state index contributed by atoms with van der Waals surface area (Å²) in [6.45, 7) is 7.37. The summed E-state index contributed by atoms with van der Waals surface area (Å²) in [7, 11) is 1.74. The van der Waals surface area contributed by atoms with Gasteiger partial charge in [-0.3, -0.25) is 4.79 Å². The third kappa shape index (κ3) is 6.89. The van der Waals surface area contributed by atoms with Crippen LogP contribution in [0.5, 0.6) is 0 Å². The molecule has 0 radical (unpaired) electrons. The van der Waals surface area contributed by atoms with Crippen LogP contribution in [0.25, 0.3) is 0 Å². The Kier molecular flexibility index (Phi) is 8.24. The molecule has 1 aliphatic rings. The van der Waals surface area contributed by atoms with Gasteiger partial charge in [0.15, 0.2) is 0 Å². The molecular weight excluding hydrogens is 388 g/mol. The Morgan fingerprint density at radius 3 is 2.35 bits per heavy atom. The average molecular weight is 425 g/mol. The van der Waals surface area contributed by atoms with Crippen molar-refractivity contribution in [2.24, 2.45) is 5.92 Å². The Hall–Kier alpha value is -2.21. The Morgan fingerprint density at radius 1 is 1.10 bits per heavy atom. The molecule has 3 atom stereocenters. The standard InChI is InChI=1S/C26H36N2O3/c1-26(2,3)31-25(29)23(18-20-12-7-5-8-13-20)24(21-14-9-6-10-15-21)27-28-17-11-16-22(28)19-30-4/h5-10,12-15,22-24,27H,11,16-19H2,1-4H3/t22-,23-,24-/m0/s1. The van der Waals surface area contributed by atoms with Gasteiger partial charge in [-0.2, -0.15) is 0 Å². The first-order valence-corrected chi connectivity index (χ1v) is 11.2. The van der Waals surface area contributed by atoms with Crippen molar-refractivity contribution in [2.45, 2.75) is 57.7 Å². The maximum absolute atomic E-state index is 13.5. The first-order chi connectivity index (χ1) is 14.9. The van der Waals surface area contributed by atoms with Crippen molar-refractivity contribution in [3.63, 3.8) is 0 Å². The van der Waals surface area contributed by atoms with Crippen LogP contribution in [0.2, 0.25) is 0 Å². The second-order valence-electron chi connectivity index (χ2n) is 9.29. The molecule has 0 amide bonds. The van der Waals surface area contributed by atoms with Crippen molar-refractivity contribution in [3.05, 3.63) is 71.8 Å². The molecule has 0 spiro atoms. The molecule has 1 aliphatic heterocycles. The summed E-state index contributed by atoms with van der Waals surface area (Å²) in [4.78, 5) is 13.5. The van der Waals surface area contributed by atoms with Crippen molar-refractivity contribution in [2.75, 3.05) is 20.3 Å². The van der Waals surface area contributed by atoms with Crippen molar-refractivity contribution in [1.29, 1.82) is 0 Å². The number of carbonyl (C=O) groups is 1. The third-order valence-electron chi connectivity index (χ3n) is 5.61. The molecule has 5 nitrogen and oxygen atoms in total. The highest BCUT2D eigenvalue weighted by atomic mass is 16.6. The molecule has 0 aliphatic carbocycles. The maximum Gasteiger partial charge on any atom is 0.311 e. The van der Waals surface area contributed by atoms with Gasteiger partial charge in [-0.05, 0) is 51.2 Å². The van der Waals surface area contributed by atoms with E-state index >= 15 is 0 Å². The first kappa shape index (κ1) is 23.5. The number of carbonyl (C=O) groups excluding carboxylic acids is 1. The largest absolute Gasteiger partial charge is 0.460 e. The Morgan fingerprint density at radius 2 is 1.74 bits per heavy atom. The Bertz CT molecular complexity index is 804. The molecule has 0 aromatic heterocycles. The van der Waals surface area contributed by atoms with Crippen LogP contribution in [0.1, 0.15) is 50.8 Å². The molecule has 3 rings (SSSR count). The van der Waals surface area contributed by atoms with Crippen molar-refractivity contribution < 1.29 is 14.3 Å². The predicted octanol–water partition coefficient (Wildman–Crippen LogP) is 4.54. The molecular formula is C26H36N2O3. The zero-order valence-corrected chi connectivity index (χ0v) is 19.2. The topological polar surface area (TPSA) is 50.8 Å². The van der Waals surface area contributed by atoms with Crippen LogP contribution in [0, 0.1) is 5.92 Å². The fraction of sp³-hybridized carbons (Fsp3) is 0.500. The molecule has 1 N–H and O–H groups in total. The van der Waals surface area contributed by atoms with E-state index in [2.05, 4.69) is 34.7 Å². The summed E-state index contributed by atoms with van der Waals surface area (Å²) in [6, 6.07) is 20.5. The molecule has 1 heterocycles. The van der Waals surface area contributed by atoms with E-state index in [0.717, 1.165) is 30.5 Å². The van der Waals surface area contributed by atoms with E-state index in [1.54, 1.807) is 7.11 Å². The van der Waals surface area contributed by atoms with Crippen molar-refractivity contribution in [3.8, 4) is 0 Å². The number of hydrazine groups is 1. The van der Waals surface area contributed by atoms with Gasteiger partial charge in [-0.25, -0.2) is 10.4 Å². The molecule has 0 saturated carbocycles. The lowest BCUT2D eigenvalue weighted by molar-refractivity contribution is -0.162. The van der Waals surface area contributed by atoms with Crippen molar-refractivity contribution >= 4 is 5.97 Å². The number of nitrogens with zero attached hydrogens (tertiary/aromatic N) is 1. The molecule has 168 valence electrons. The highest BCUT2D eigenvalue weighted by Gasteiger charge is 2.36. The van der Waals surface area contributed by atoms with E-state index in [0.29, 0.717) is 19.1 Å². The maximum atomic E-state index is 13.5. The van der Waals surface area contributed by atoms with E-state index in [4.69, 9.17) is 9.47 Å². The lowest BCUT2D eigenvalue weighted by Crippen LogP contribution is -2.49. The van der Waals surface area contributed by atoms with Crippen molar-refractivity contribution in [1.82, 2.24) is 10.4 Å². The van der Waals surface area contributed by atoms with Crippen LogP contribution >= 0.6 is 0 Å². The van der Waals surface area contributed by atoms with Crippen LogP contribution in [0.3, 0.4) is 0 Å². The Balaban J connectivity index is 1.94. The molecule has 0 unspecified atom stereocenters.